The van der Waals surface area contributed by atoms with Gasteiger partial charge in [0.2, 0.25) is 0 Å². The van der Waals surface area contributed by atoms with Crippen molar-refractivity contribution in [3.05, 3.63) is 108 Å². The molecular weight excluding hydrogens is 460 g/mol. The third-order valence-corrected chi connectivity index (χ3v) is 6.39. The predicted molar refractivity (Wildman–Crippen MR) is 138 cm³/mol. The van der Waals surface area contributed by atoms with Crippen LogP contribution in [0.25, 0.3) is 5.69 Å². The Bertz CT molecular complexity index is 1350. The minimum atomic E-state index is -0.379. The summed E-state index contributed by atoms with van der Waals surface area (Å²) < 4.78 is 12.3. The van der Waals surface area contributed by atoms with Crippen molar-refractivity contribution in [1.29, 1.82) is 0 Å². The Balaban J connectivity index is 1.64. The van der Waals surface area contributed by atoms with Crippen molar-refractivity contribution in [2.24, 2.45) is 0 Å². The number of rotatable bonds is 6. The van der Waals surface area contributed by atoms with Crippen molar-refractivity contribution in [3.8, 4) is 11.4 Å². The summed E-state index contributed by atoms with van der Waals surface area (Å²) >= 11 is 5.83. The number of benzene rings is 2. The maximum Gasteiger partial charge on any atom is 0.337 e. The maximum atomic E-state index is 12.2. The fourth-order valence-corrected chi connectivity index (χ4v) is 4.79. The Kier molecular flexibility index (Phi) is 6.20. The SMILES string of the molecule is COC(=O)c1cccc(-n2cccc2[C@@H]2[C@@H](c3ccccn3)NC(=S)N2c2ccc(OC)cc2)c1. The first-order valence-corrected chi connectivity index (χ1v) is 11.5. The molecule has 0 spiro atoms. The number of ether oxygens (including phenoxy) is 2. The summed E-state index contributed by atoms with van der Waals surface area (Å²) in [6, 6.07) is 24.7. The van der Waals surface area contributed by atoms with Gasteiger partial charge in [-0.2, -0.15) is 0 Å². The van der Waals surface area contributed by atoms with E-state index in [9.17, 15) is 4.79 Å². The van der Waals surface area contributed by atoms with Crippen molar-refractivity contribution in [1.82, 2.24) is 14.9 Å². The number of hydrogen-bond acceptors (Lipinski definition) is 5. The Labute approximate surface area is 208 Å². The lowest BCUT2D eigenvalue weighted by molar-refractivity contribution is 0.0600. The normalized spacial score (nSPS) is 17.2. The van der Waals surface area contributed by atoms with Crippen LogP contribution in [0.1, 0.15) is 33.8 Å². The number of methoxy groups -OCH3 is 2. The van der Waals surface area contributed by atoms with Crippen LogP contribution in [-0.4, -0.2) is 34.9 Å². The molecule has 35 heavy (non-hydrogen) atoms. The van der Waals surface area contributed by atoms with E-state index in [0.717, 1.165) is 28.5 Å². The van der Waals surface area contributed by atoms with Gasteiger partial charge in [-0.3, -0.25) is 4.98 Å². The first-order chi connectivity index (χ1) is 17.1. The summed E-state index contributed by atoms with van der Waals surface area (Å²) in [5.74, 6) is 0.392. The Morgan fingerprint density at radius 2 is 1.80 bits per heavy atom. The summed E-state index contributed by atoms with van der Waals surface area (Å²) in [5.41, 5.74) is 4.14. The van der Waals surface area contributed by atoms with Gasteiger partial charge in [0.1, 0.15) is 11.8 Å². The summed E-state index contributed by atoms with van der Waals surface area (Å²) in [6.45, 7) is 0. The molecule has 0 saturated carbocycles. The highest BCUT2D eigenvalue weighted by atomic mass is 32.1. The standard InChI is InChI=1S/C27H24N4O3S/c1-33-21-13-11-19(12-14-21)31-25(24(29-27(31)35)22-9-3-4-15-28-22)23-10-6-16-30(23)20-8-5-7-18(17-20)26(32)34-2/h3-17,24-25H,1-2H3,(H,29,35)/t24-,25-/m1/s1. The lowest BCUT2D eigenvalue weighted by Crippen LogP contribution is -2.30. The van der Waals surface area contributed by atoms with Gasteiger partial charge in [-0.1, -0.05) is 12.1 Å². The number of aromatic nitrogens is 2. The second kappa shape index (κ2) is 9.60. The van der Waals surface area contributed by atoms with Gasteiger partial charge in [0.25, 0.3) is 0 Å². The van der Waals surface area contributed by atoms with E-state index in [1.807, 2.05) is 72.9 Å². The molecule has 4 aromatic rings. The highest BCUT2D eigenvalue weighted by Crippen LogP contribution is 2.42. The van der Waals surface area contributed by atoms with Crippen LogP contribution in [0.15, 0.2) is 91.3 Å². The minimum absolute atomic E-state index is 0.191. The van der Waals surface area contributed by atoms with Gasteiger partial charge in [-0.05, 0) is 78.9 Å². The molecular formula is C27H24N4O3S. The van der Waals surface area contributed by atoms with Crippen LogP contribution in [-0.2, 0) is 4.74 Å². The van der Waals surface area contributed by atoms with Crippen LogP contribution in [0, 0.1) is 0 Å². The molecule has 7 nitrogen and oxygen atoms in total. The molecule has 1 aliphatic rings. The van der Waals surface area contributed by atoms with Crippen molar-refractivity contribution in [2.45, 2.75) is 12.1 Å². The third kappa shape index (κ3) is 4.24. The molecule has 0 unspecified atom stereocenters. The van der Waals surface area contributed by atoms with Crippen LogP contribution < -0.4 is 15.0 Å². The van der Waals surface area contributed by atoms with Gasteiger partial charge in [0.15, 0.2) is 5.11 Å². The Hall–Kier alpha value is -4.17. The van der Waals surface area contributed by atoms with Crippen molar-refractivity contribution >= 4 is 29.0 Å². The zero-order chi connectivity index (χ0) is 24.4. The van der Waals surface area contributed by atoms with E-state index in [2.05, 4.69) is 25.8 Å². The molecule has 0 radical (unpaired) electrons. The zero-order valence-electron chi connectivity index (χ0n) is 19.3. The van der Waals surface area contributed by atoms with Crippen molar-refractivity contribution in [3.63, 3.8) is 0 Å². The van der Waals surface area contributed by atoms with Gasteiger partial charge >= 0.3 is 5.97 Å². The lowest BCUT2D eigenvalue weighted by Gasteiger charge is -2.29. The third-order valence-electron chi connectivity index (χ3n) is 6.08. The minimum Gasteiger partial charge on any atom is -0.497 e. The molecule has 0 amide bonds. The molecule has 3 heterocycles. The van der Waals surface area contributed by atoms with Crippen LogP contribution >= 0.6 is 12.2 Å². The highest BCUT2D eigenvalue weighted by Gasteiger charge is 2.42. The van der Waals surface area contributed by atoms with E-state index in [-0.39, 0.29) is 18.1 Å². The lowest BCUT2D eigenvalue weighted by atomic mass is 10.0. The smallest absolute Gasteiger partial charge is 0.337 e. The maximum absolute atomic E-state index is 12.2. The Morgan fingerprint density at radius 3 is 2.51 bits per heavy atom. The monoisotopic (exact) mass is 484 g/mol. The zero-order valence-corrected chi connectivity index (χ0v) is 20.1. The quantitative estimate of drug-likeness (QED) is 0.310. The molecule has 1 N–H and O–H groups in total. The van der Waals surface area contributed by atoms with E-state index in [1.165, 1.54) is 7.11 Å². The fourth-order valence-electron chi connectivity index (χ4n) is 4.45. The average Bonchev–Trinajstić information content (AvgIpc) is 3.53. The molecule has 5 rings (SSSR count). The molecule has 0 aliphatic carbocycles. The number of thiocarbonyl (C=S) groups is 1. The molecule has 2 aromatic carbocycles. The number of hydrogen-bond donors (Lipinski definition) is 1. The van der Waals surface area contributed by atoms with Crippen LogP contribution in [0.3, 0.4) is 0 Å². The van der Waals surface area contributed by atoms with Gasteiger partial charge < -0.3 is 24.3 Å². The molecule has 0 bridgehead atoms. The number of nitrogens with one attached hydrogen (secondary N) is 1. The molecule has 1 fully saturated rings. The summed E-state index contributed by atoms with van der Waals surface area (Å²) in [6.07, 6.45) is 3.76. The number of pyridine rings is 1. The summed E-state index contributed by atoms with van der Waals surface area (Å²) in [7, 11) is 3.03. The number of nitrogens with zero attached hydrogens (tertiary/aromatic N) is 3. The number of carbonyl (C=O) groups is 1. The van der Waals surface area contributed by atoms with Gasteiger partial charge in [-0.25, -0.2) is 4.79 Å². The molecule has 1 aliphatic heterocycles. The van der Waals surface area contributed by atoms with E-state index in [0.29, 0.717) is 10.7 Å². The first kappa shape index (κ1) is 22.6. The molecule has 1 saturated heterocycles. The number of anilines is 1. The number of carbonyl (C=O) groups excluding carboxylic acids is 1. The van der Waals surface area contributed by atoms with Crippen LogP contribution in [0.2, 0.25) is 0 Å². The topological polar surface area (TPSA) is 68.6 Å². The predicted octanol–water partition coefficient (Wildman–Crippen LogP) is 4.84. The molecule has 2 atom stereocenters. The Morgan fingerprint density at radius 1 is 0.971 bits per heavy atom. The second-order valence-corrected chi connectivity index (χ2v) is 8.43. The van der Waals surface area contributed by atoms with Gasteiger partial charge in [-0.15, -0.1) is 0 Å². The largest absolute Gasteiger partial charge is 0.497 e. The van der Waals surface area contributed by atoms with Crippen LogP contribution in [0.5, 0.6) is 5.75 Å². The van der Waals surface area contributed by atoms with E-state index < -0.39 is 0 Å². The van der Waals surface area contributed by atoms with Crippen molar-refractivity contribution < 1.29 is 14.3 Å². The van der Waals surface area contributed by atoms with Crippen molar-refractivity contribution in [2.75, 3.05) is 19.1 Å². The summed E-state index contributed by atoms with van der Waals surface area (Å²) in [5, 5.41) is 4.08. The second-order valence-electron chi connectivity index (χ2n) is 8.04. The molecule has 8 heteroatoms. The van der Waals surface area contributed by atoms with Gasteiger partial charge in [0, 0.05) is 29.5 Å². The molecule has 2 aromatic heterocycles. The van der Waals surface area contributed by atoms with Crippen LogP contribution in [0.4, 0.5) is 5.69 Å². The highest BCUT2D eigenvalue weighted by molar-refractivity contribution is 7.80. The van der Waals surface area contributed by atoms with E-state index >= 15 is 0 Å². The molecule has 176 valence electrons. The first-order valence-electron chi connectivity index (χ1n) is 11.1. The van der Waals surface area contributed by atoms with E-state index in [1.54, 1.807) is 19.4 Å². The van der Waals surface area contributed by atoms with E-state index in [4.69, 9.17) is 21.7 Å². The fraction of sp³-hybridized carbons (Fsp3) is 0.148. The summed E-state index contributed by atoms with van der Waals surface area (Å²) in [4.78, 5) is 18.9. The van der Waals surface area contributed by atoms with Gasteiger partial charge in [0.05, 0.1) is 31.5 Å². The number of esters is 1. The average molecular weight is 485 g/mol.